The molecule has 17 heavy (non-hydrogen) atoms. The molecule has 2 nitrogen and oxygen atoms in total. The SMILES string of the molecule is CC(Oc1ccc(C=O)cc1)C1CCCCC1. The molecule has 2 heteroatoms. The first-order valence-corrected chi connectivity index (χ1v) is 6.51. The summed E-state index contributed by atoms with van der Waals surface area (Å²) in [6, 6.07) is 7.36. The molecule has 0 aliphatic heterocycles. The highest BCUT2D eigenvalue weighted by Gasteiger charge is 2.21. The Morgan fingerprint density at radius 3 is 2.41 bits per heavy atom. The molecule has 0 amide bonds. The predicted molar refractivity (Wildman–Crippen MR) is 68.5 cm³/mol. The topological polar surface area (TPSA) is 26.3 Å². The fourth-order valence-electron chi connectivity index (χ4n) is 2.54. The number of hydrogen-bond acceptors (Lipinski definition) is 2. The molecule has 1 aromatic rings. The molecule has 0 spiro atoms. The molecule has 0 saturated heterocycles. The lowest BCUT2D eigenvalue weighted by Gasteiger charge is -2.28. The number of carbonyl (C=O) groups is 1. The fraction of sp³-hybridized carbons (Fsp3) is 0.533. The number of carbonyl (C=O) groups excluding carboxylic acids is 1. The molecule has 0 bridgehead atoms. The minimum atomic E-state index is 0.275. The average molecular weight is 232 g/mol. The first-order chi connectivity index (χ1) is 8.29. The summed E-state index contributed by atoms with van der Waals surface area (Å²) < 4.78 is 5.94. The van der Waals surface area contributed by atoms with Crippen LogP contribution in [0.5, 0.6) is 5.75 Å². The summed E-state index contributed by atoms with van der Waals surface area (Å²) in [7, 11) is 0. The van der Waals surface area contributed by atoms with Crippen molar-refractivity contribution in [3.05, 3.63) is 29.8 Å². The second kappa shape index (κ2) is 5.85. The van der Waals surface area contributed by atoms with Gasteiger partial charge in [-0.15, -0.1) is 0 Å². The second-order valence-electron chi connectivity index (χ2n) is 4.91. The van der Waals surface area contributed by atoms with Gasteiger partial charge in [-0.05, 0) is 49.9 Å². The van der Waals surface area contributed by atoms with Gasteiger partial charge in [0.1, 0.15) is 12.0 Å². The molecule has 2 rings (SSSR count). The van der Waals surface area contributed by atoms with Crippen LogP contribution in [0.4, 0.5) is 0 Å². The van der Waals surface area contributed by atoms with Gasteiger partial charge in [0, 0.05) is 5.56 Å². The summed E-state index contributed by atoms with van der Waals surface area (Å²) in [4.78, 5) is 10.5. The molecule has 1 fully saturated rings. The van der Waals surface area contributed by atoms with Gasteiger partial charge in [0.2, 0.25) is 0 Å². The lowest BCUT2D eigenvalue weighted by atomic mass is 9.86. The van der Waals surface area contributed by atoms with Crippen LogP contribution in [0.3, 0.4) is 0 Å². The average Bonchev–Trinajstić information content (AvgIpc) is 2.40. The first kappa shape index (κ1) is 12.2. The molecule has 1 aromatic carbocycles. The smallest absolute Gasteiger partial charge is 0.150 e. The zero-order valence-corrected chi connectivity index (χ0v) is 10.4. The molecule has 1 saturated carbocycles. The van der Waals surface area contributed by atoms with Crippen molar-refractivity contribution in [1.82, 2.24) is 0 Å². The molecule has 0 heterocycles. The monoisotopic (exact) mass is 232 g/mol. The van der Waals surface area contributed by atoms with Crippen LogP contribution in [0.25, 0.3) is 0 Å². The van der Waals surface area contributed by atoms with Crippen molar-refractivity contribution in [3.8, 4) is 5.75 Å². The van der Waals surface area contributed by atoms with Crippen LogP contribution in [0.15, 0.2) is 24.3 Å². The highest BCUT2D eigenvalue weighted by atomic mass is 16.5. The molecule has 92 valence electrons. The number of rotatable bonds is 4. The number of hydrogen-bond donors (Lipinski definition) is 0. The standard InChI is InChI=1S/C15H20O2/c1-12(14-5-3-2-4-6-14)17-15-9-7-13(11-16)8-10-15/h7-12,14H,2-6H2,1H3. The molecule has 0 radical (unpaired) electrons. The molecular weight excluding hydrogens is 212 g/mol. The highest BCUT2D eigenvalue weighted by molar-refractivity contribution is 5.74. The fourth-order valence-corrected chi connectivity index (χ4v) is 2.54. The van der Waals surface area contributed by atoms with E-state index in [-0.39, 0.29) is 6.10 Å². The maximum atomic E-state index is 10.5. The van der Waals surface area contributed by atoms with Crippen LogP contribution < -0.4 is 4.74 Å². The van der Waals surface area contributed by atoms with E-state index in [1.165, 1.54) is 32.1 Å². The highest BCUT2D eigenvalue weighted by Crippen LogP contribution is 2.28. The molecule has 1 unspecified atom stereocenters. The van der Waals surface area contributed by atoms with Crippen LogP contribution in [0, 0.1) is 5.92 Å². The van der Waals surface area contributed by atoms with Crippen molar-refractivity contribution in [2.45, 2.75) is 45.1 Å². The van der Waals surface area contributed by atoms with Crippen molar-refractivity contribution in [2.75, 3.05) is 0 Å². The van der Waals surface area contributed by atoms with E-state index in [2.05, 4.69) is 6.92 Å². The first-order valence-electron chi connectivity index (χ1n) is 6.51. The van der Waals surface area contributed by atoms with E-state index >= 15 is 0 Å². The summed E-state index contributed by atoms with van der Waals surface area (Å²) in [5.74, 6) is 1.56. The van der Waals surface area contributed by atoms with E-state index in [1.54, 1.807) is 12.1 Å². The third kappa shape index (κ3) is 3.32. The van der Waals surface area contributed by atoms with Crippen molar-refractivity contribution in [3.63, 3.8) is 0 Å². The number of ether oxygens (including phenoxy) is 1. The van der Waals surface area contributed by atoms with E-state index < -0.39 is 0 Å². The van der Waals surface area contributed by atoms with Gasteiger partial charge in [0.05, 0.1) is 6.10 Å². The van der Waals surface area contributed by atoms with E-state index in [1.807, 2.05) is 12.1 Å². The van der Waals surface area contributed by atoms with E-state index in [0.29, 0.717) is 11.5 Å². The van der Waals surface area contributed by atoms with Gasteiger partial charge >= 0.3 is 0 Å². The summed E-state index contributed by atoms with van der Waals surface area (Å²) in [6.45, 7) is 2.16. The second-order valence-corrected chi connectivity index (χ2v) is 4.91. The Bertz CT molecular complexity index is 350. The summed E-state index contributed by atoms with van der Waals surface area (Å²) in [6.07, 6.45) is 7.75. The van der Waals surface area contributed by atoms with Gasteiger partial charge in [-0.3, -0.25) is 4.79 Å². The molecule has 1 atom stereocenters. The van der Waals surface area contributed by atoms with Crippen molar-refractivity contribution in [2.24, 2.45) is 5.92 Å². The zero-order valence-electron chi connectivity index (χ0n) is 10.4. The van der Waals surface area contributed by atoms with Crippen molar-refractivity contribution < 1.29 is 9.53 Å². The predicted octanol–water partition coefficient (Wildman–Crippen LogP) is 3.85. The van der Waals surface area contributed by atoms with Crippen molar-refractivity contribution >= 4 is 6.29 Å². The van der Waals surface area contributed by atoms with E-state index in [9.17, 15) is 4.79 Å². The van der Waals surface area contributed by atoms with E-state index in [0.717, 1.165) is 12.0 Å². The van der Waals surface area contributed by atoms with Gasteiger partial charge in [-0.1, -0.05) is 19.3 Å². The van der Waals surface area contributed by atoms with Crippen LogP contribution in [0.1, 0.15) is 49.4 Å². The maximum Gasteiger partial charge on any atom is 0.150 e. The summed E-state index contributed by atoms with van der Waals surface area (Å²) in [5.41, 5.74) is 0.697. The Hall–Kier alpha value is -1.31. The minimum Gasteiger partial charge on any atom is -0.490 e. The van der Waals surface area contributed by atoms with Gasteiger partial charge in [-0.2, -0.15) is 0 Å². The lowest BCUT2D eigenvalue weighted by molar-refractivity contribution is 0.112. The van der Waals surface area contributed by atoms with Gasteiger partial charge in [0.25, 0.3) is 0 Å². The Kier molecular flexibility index (Phi) is 4.18. The number of aldehydes is 1. The van der Waals surface area contributed by atoms with Gasteiger partial charge < -0.3 is 4.74 Å². The van der Waals surface area contributed by atoms with Crippen molar-refractivity contribution in [1.29, 1.82) is 0 Å². The molecular formula is C15H20O2. The lowest BCUT2D eigenvalue weighted by Crippen LogP contribution is -2.25. The minimum absolute atomic E-state index is 0.275. The largest absolute Gasteiger partial charge is 0.490 e. The van der Waals surface area contributed by atoms with E-state index in [4.69, 9.17) is 4.74 Å². The Morgan fingerprint density at radius 1 is 1.18 bits per heavy atom. The Balaban J connectivity index is 1.92. The van der Waals surface area contributed by atoms with Gasteiger partial charge in [-0.25, -0.2) is 0 Å². The molecule has 1 aliphatic rings. The zero-order chi connectivity index (χ0) is 12.1. The molecule has 1 aliphatic carbocycles. The third-order valence-electron chi connectivity index (χ3n) is 3.65. The van der Waals surface area contributed by atoms with Gasteiger partial charge in [0.15, 0.2) is 0 Å². The summed E-state index contributed by atoms with van der Waals surface area (Å²) in [5, 5.41) is 0. The van der Waals surface area contributed by atoms with Crippen LogP contribution in [0.2, 0.25) is 0 Å². The van der Waals surface area contributed by atoms with Crippen LogP contribution in [-0.2, 0) is 0 Å². The van der Waals surface area contributed by atoms with Crippen LogP contribution in [-0.4, -0.2) is 12.4 Å². The molecule has 0 N–H and O–H groups in total. The number of benzene rings is 1. The Labute approximate surface area is 103 Å². The summed E-state index contributed by atoms with van der Waals surface area (Å²) >= 11 is 0. The molecule has 0 aromatic heterocycles. The third-order valence-corrected chi connectivity index (χ3v) is 3.65. The maximum absolute atomic E-state index is 10.5. The van der Waals surface area contributed by atoms with Crippen LogP contribution >= 0.6 is 0 Å². The Morgan fingerprint density at radius 2 is 1.82 bits per heavy atom. The quantitative estimate of drug-likeness (QED) is 0.737. The normalized spacial score (nSPS) is 18.6.